The zero-order chi connectivity index (χ0) is 16.1. The van der Waals surface area contributed by atoms with Gasteiger partial charge in [-0.2, -0.15) is 0 Å². The van der Waals surface area contributed by atoms with Crippen molar-refractivity contribution in [1.29, 1.82) is 0 Å². The van der Waals surface area contributed by atoms with Crippen molar-refractivity contribution < 1.29 is 9.53 Å². The number of hydrogen-bond acceptors (Lipinski definition) is 2. The molecule has 0 aromatic heterocycles. The highest BCUT2D eigenvalue weighted by Gasteiger charge is 2.10. The normalized spacial score (nSPS) is 11.8. The molecule has 0 aliphatic rings. The number of ether oxygens (including phenoxy) is 1. The molecule has 0 bridgehead atoms. The van der Waals surface area contributed by atoms with E-state index in [1.165, 1.54) is 0 Å². The topological polar surface area (TPSA) is 38.3 Å². The fraction of sp³-hybridized carbons (Fsp3) is 0.316. The number of aryl methyl sites for hydroxylation is 2. The Labute approximate surface area is 132 Å². The number of hydrogen-bond donors (Lipinski definition) is 1. The van der Waals surface area contributed by atoms with Crippen molar-refractivity contribution in [2.45, 2.75) is 40.2 Å². The highest BCUT2D eigenvalue weighted by atomic mass is 16.5. The molecule has 0 radical (unpaired) electrons. The first-order chi connectivity index (χ1) is 10.5. The van der Waals surface area contributed by atoms with Crippen molar-refractivity contribution in [3.05, 3.63) is 59.2 Å². The molecule has 3 nitrogen and oxygen atoms in total. The van der Waals surface area contributed by atoms with Crippen LogP contribution in [0.1, 0.15) is 41.8 Å². The van der Waals surface area contributed by atoms with E-state index < -0.39 is 0 Å². The second-order valence-electron chi connectivity index (χ2n) is 5.64. The Morgan fingerprint density at radius 3 is 2.68 bits per heavy atom. The molecule has 2 rings (SSSR count). The van der Waals surface area contributed by atoms with Crippen LogP contribution in [0.3, 0.4) is 0 Å². The fourth-order valence-electron chi connectivity index (χ4n) is 2.09. The molecule has 3 heteroatoms. The minimum absolute atomic E-state index is 0.122. The Bertz CT molecular complexity index is 664. The molecule has 0 saturated carbocycles. The zero-order valence-corrected chi connectivity index (χ0v) is 13.6. The summed E-state index contributed by atoms with van der Waals surface area (Å²) >= 11 is 0. The van der Waals surface area contributed by atoms with Crippen molar-refractivity contribution in [1.82, 2.24) is 0 Å². The van der Waals surface area contributed by atoms with E-state index in [9.17, 15) is 4.79 Å². The summed E-state index contributed by atoms with van der Waals surface area (Å²) in [7, 11) is 0. The van der Waals surface area contributed by atoms with Crippen molar-refractivity contribution in [2.24, 2.45) is 0 Å². The van der Waals surface area contributed by atoms with Crippen molar-refractivity contribution >= 4 is 11.6 Å². The summed E-state index contributed by atoms with van der Waals surface area (Å²) in [6.07, 6.45) is 1.07. The quantitative estimate of drug-likeness (QED) is 0.866. The lowest BCUT2D eigenvalue weighted by atomic mass is 10.1. The number of rotatable bonds is 5. The summed E-state index contributed by atoms with van der Waals surface area (Å²) < 4.78 is 5.77. The minimum Gasteiger partial charge on any atom is -0.491 e. The van der Waals surface area contributed by atoms with Crippen LogP contribution in [-0.2, 0) is 0 Å². The van der Waals surface area contributed by atoms with Crippen molar-refractivity contribution in [3.63, 3.8) is 0 Å². The van der Waals surface area contributed by atoms with Crippen LogP contribution in [-0.4, -0.2) is 12.0 Å². The Hall–Kier alpha value is -2.29. The van der Waals surface area contributed by atoms with Gasteiger partial charge in [0.15, 0.2) is 0 Å². The Morgan fingerprint density at radius 1 is 1.18 bits per heavy atom. The number of carbonyl (C=O) groups is 1. The molecule has 1 amide bonds. The summed E-state index contributed by atoms with van der Waals surface area (Å²) in [6.45, 7) is 8.08. The first kappa shape index (κ1) is 16.1. The summed E-state index contributed by atoms with van der Waals surface area (Å²) in [6, 6.07) is 13.3. The average Bonchev–Trinajstić information content (AvgIpc) is 2.51. The van der Waals surface area contributed by atoms with E-state index in [4.69, 9.17) is 4.74 Å². The van der Waals surface area contributed by atoms with Gasteiger partial charge in [-0.15, -0.1) is 0 Å². The zero-order valence-electron chi connectivity index (χ0n) is 13.6. The summed E-state index contributed by atoms with van der Waals surface area (Å²) in [5.74, 6) is 0.603. The molecule has 1 N–H and O–H groups in total. The molecule has 0 saturated heterocycles. The number of benzene rings is 2. The van der Waals surface area contributed by atoms with E-state index in [1.54, 1.807) is 12.1 Å². The second-order valence-corrected chi connectivity index (χ2v) is 5.64. The maximum absolute atomic E-state index is 12.4. The van der Waals surface area contributed by atoms with Gasteiger partial charge in [0.1, 0.15) is 5.75 Å². The first-order valence-corrected chi connectivity index (χ1v) is 7.65. The molecule has 2 aromatic rings. The maximum Gasteiger partial charge on any atom is 0.255 e. The number of anilines is 1. The van der Waals surface area contributed by atoms with Crippen LogP contribution in [0.15, 0.2) is 42.5 Å². The Balaban J connectivity index is 2.15. The van der Waals surface area contributed by atoms with Crippen LogP contribution in [0.4, 0.5) is 5.69 Å². The molecule has 2 aromatic carbocycles. The largest absolute Gasteiger partial charge is 0.491 e. The third kappa shape index (κ3) is 4.10. The van der Waals surface area contributed by atoms with Gasteiger partial charge in [-0.3, -0.25) is 4.79 Å². The Morgan fingerprint density at radius 2 is 1.95 bits per heavy atom. The monoisotopic (exact) mass is 297 g/mol. The van der Waals surface area contributed by atoms with E-state index in [1.807, 2.05) is 51.1 Å². The van der Waals surface area contributed by atoms with Crippen LogP contribution in [0.25, 0.3) is 0 Å². The average molecular weight is 297 g/mol. The first-order valence-electron chi connectivity index (χ1n) is 7.65. The van der Waals surface area contributed by atoms with Gasteiger partial charge >= 0.3 is 0 Å². The molecule has 116 valence electrons. The van der Waals surface area contributed by atoms with Crippen LogP contribution < -0.4 is 10.1 Å². The number of carbonyl (C=O) groups excluding carboxylic acids is 1. The molecule has 0 heterocycles. The number of amides is 1. The van der Waals surface area contributed by atoms with Crippen LogP contribution in [0.2, 0.25) is 0 Å². The fourth-order valence-corrected chi connectivity index (χ4v) is 2.09. The van der Waals surface area contributed by atoms with E-state index >= 15 is 0 Å². The van der Waals surface area contributed by atoms with Crippen molar-refractivity contribution in [3.8, 4) is 5.75 Å². The lowest BCUT2D eigenvalue weighted by molar-refractivity contribution is 0.102. The van der Waals surface area contributed by atoms with E-state index in [0.29, 0.717) is 5.56 Å². The molecular formula is C19H23NO2. The predicted octanol–water partition coefficient (Wildman–Crippen LogP) is 4.73. The lowest BCUT2D eigenvalue weighted by Gasteiger charge is -2.14. The summed E-state index contributed by atoms with van der Waals surface area (Å²) in [4.78, 5) is 12.4. The van der Waals surface area contributed by atoms with Gasteiger partial charge in [0.05, 0.1) is 6.10 Å². The van der Waals surface area contributed by atoms with Gasteiger partial charge in [0.25, 0.3) is 5.91 Å². The highest BCUT2D eigenvalue weighted by Crippen LogP contribution is 2.20. The third-order valence-corrected chi connectivity index (χ3v) is 3.65. The molecule has 0 aliphatic heterocycles. The molecule has 0 fully saturated rings. The SMILES string of the molecule is CCC(C)Oc1cccc(C(=O)Nc2cc(C)ccc2C)c1. The van der Waals surface area contributed by atoms with Gasteiger partial charge in [-0.05, 0) is 62.6 Å². The number of nitrogens with one attached hydrogen (secondary N) is 1. The van der Waals surface area contributed by atoms with Gasteiger partial charge in [0, 0.05) is 11.3 Å². The van der Waals surface area contributed by atoms with Crippen LogP contribution in [0.5, 0.6) is 5.75 Å². The predicted molar refractivity (Wildman–Crippen MR) is 90.7 cm³/mol. The van der Waals surface area contributed by atoms with E-state index in [2.05, 4.69) is 12.2 Å². The van der Waals surface area contributed by atoms with E-state index in [-0.39, 0.29) is 12.0 Å². The van der Waals surface area contributed by atoms with Gasteiger partial charge < -0.3 is 10.1 Å². The lowest BCUT2D eigenvalue weighted by Crippen LogP contribution is -2.14. The smallest absolute Gasteiger partial charge is 0.255 e. The van der Waals surface area contributed by atoms with Gasteiger partial charge in [0.2, 0.25) is 0 Å². The standard InChI is InChI=1S/C19H23NO2/c1-5-15(4)22-17-8-6-7-16(12-17)19(21)20-18-11-13(2)9-10-14(18)3/h6-12,15H,5H2,1-4H3,(H,20,21). The van der Waals surface area contributed by atoms with Crippen LogP contribution in [0, 0.1) is 13.8 Å². The minimum atomic E-state index is -0.122. The van der Waals surface area contributed by atoms with E-state index in [0.717, 1.165) is 29.0 Å². The highest BCUT2D eigenvalue weighted by molar-refractivity contribution is 6.04. The second kappa shape index (κ2) is 7.12. The third-order valence-electron chi connectivity index (χ3n) is 3.65. The van der Waals surface area contributed by atoms with Gasteiger partial charge in [-0.1, -0.05) is 25.1 Å². The van der Waals surface area contributed by atoms with Crippen molar-refractivity contribution in [2.75, 3.05) is 5.32 Å². The summed E-state index contributed by atoms with van der Waals surface area (Å²) in [5, 5.41) is 2.97. The summed E-state index contributed by atoms with van der Waals surface area (Å²) in [5.41, 5.74) is 3.61. The maximum atomic E-state index is 12.4. The van der Waals surface area contributed by atoms with Crippen LogP contribution >= 0.6 is 0 Å². The van der Waals surface area contributed by atoms with Gasteiger partial charge in [-0.25, -0.2) is 0 Å². The molecule has 1 atom stereocenters. The molecule has 22 heavy (non-hydrogen) atoms. The molecule has 1 unspecified atom stereocenters. The molecule has 0 spiro atoms. The Kier molecular flexibility index (Phi) is 5.21. The molecule has 0 aliphatic carbocycles. The molecular weight excluding hydrogens is 274 g/mol.